The lowest BCUT2D eigenvalue weighted by Gasteiger charge is -2.34. The molecule has 3 rings (SSSR count). The van der Waals surface area contributed by atoms with Crippen LogP contribution in [0.4, 0.5) is 4.79 Å². The van der Waals surface area contributed by atoms with Gasteiger partial charge in [-0.2, -0.15) is 4.98 Å². The van der Waals surface area contributed by atoms with Crippen molar-refractivity contribution in [3.05, 3.63) is 47.6 Å². The van der Waals surface area contributed by atoms with Crippen molar-refractivity contribution in [2.45, 2.75) is 32.4 Å². The molecule has 0 aliphatic carbocycles. The van der Waals surface area contributed by atoms with E-state index in [1.807, 2.05) is 30.3 Å². The molecule has 1 fully saturated rings. The molecule has 1 aromatic carbocycles. The highest BCUT2D eigenvalue weighted by Gasteiger charge is 2.28. The Balaban J connectivity index is 1.47. The van der Waals surface area contributed by atoms with Crippen LogP contribution in [0.15, 0.2) is 34.9 Å². The number of carbonyl (C=O) groups excluding carboxylic acids is 1. The van der Waals surface area contributed by atoms with Gasteiger partial charge in [-0.15, -0.1) is 0 Å². The van der Waals surface area contributed by atoms with Crippen molar-refractivity contribution >= 4 is 6.03 Å². The van der Waals surface area contributed by atoms with Crippen LogP contribution < -0.4 is 5.32 Å². The minimum atomic E-state index is -0.474. The number of carbonyl (C=O) groups is 1. The second-order valence-corrected chi connectivity index (χ2v) is 6.07. The predicted molar refractivity (Wildman–Crippen MR) is 87.0 cm³/mol. The van der Waals surface area contributed by atoms with Crippen LogP contribution in [-0.4, -0.2) is 39.3 Å². The lowest BCUT2D eigenvalue weighted by molar-refractivity contribution is 0.0664. The smallest absolute Gasteiger partial charge is 0.317 e. The van der Waals surface area contributed by atoms with E-state index in [-0.39, 0.29) is 18.5 Å². The number of aliphatic hydroxyl groups is 1. The maximum Gasteiger partial charge on any atom is 0.317 e. The van der Waals surface area contributed by atoms with Crippen LogP contribution in [0.25, 0.3) is 0 Å². The van der Waals surface area contributed by atoms with Crippen LogP contribution in [0, 0.1) is 12.8 Å². The molecule has 1 aliphatic heterocycles. The van der Waals surface area contributed by atoms with Crippen LogP contribution >= 0.6 is 0 Å². The molecule has 24 heavy (non-hydrogen) atoms. The number of rotatable bonds is 4. The second-order valence-electron chi connectivity index (χ2n) is 6.07. The Labute approximate surface area is 140 Å². The highest BCUT2D eigenvalue weighted by molar-refractivity contribution is 5.74. The van der Waals surface area contributed by atoms with Gasteiger partial charge in [0.1, 0.15) is 0 Å². The third kappa shape index (κ3) is 3.91. The highest BCUT2D eigenvalue weighted by Crippen LogP contribution is 2.30. The van der Waals surface area contributed by atoms with E-state index in [1.165, 1.54) is 0 Å². The van der Waals surface area contributed by atoms with Gasteiger partial charge >= 0.3 is 6.03 Å². The molecule has 0 radical (unpaired) electrons. The molecule has 1 aromatic heterocycles. The standard InChI is InChI=1S/C17H22N4O3/c1-12-19-15(24-20-12)11-18-17(23)21-9-7-14(8-10-21)16(22)13-5-3-2-4-6-13/h2-6,14,16,22H,7-11H2,1H3,(H,18,23). The number of aryl methyl sites for hydroxylation is 1. The zero-order valence-electron chi connectivity index (χ0n) is 13.7. The summed E-state index contributed by atoms with van der Waals surface area (Å²) in [6.45, 7) is 3.22. The van der Waals surface area contributed by atoms with E-state index in [1.54, 1.807) is 11.8 Å². The quantitative estimate of drug-likeness (QED) is 0.895. The molecule has 1 saturated heterocycles. The molecule has 0 saturated carbocycles. The first kappa shape index (κ1) is 16.4. The van der Waals surface area contributed by atoms with Crippen molar-refractivity contribution in [1.82, 2.24) is 20.4 Å². The molecule has 0 spiro atoms. The first-order chi connectivity index (χ1) is 11.6. The number of hydrogen-bond donors (Lipinski definition) is 2. The summed E-state index contributed by atoms with van der Waals surface area (Å²) in [5, 5.41) is 17.0. The minimum Gasteiger partial charge on any atom is -0.388 e. The third-order valence-electron chi connectivity index (χ3n) is 4.37. The summed E-state index contributed by atoms with van der Waals surface area (Å²) in [5.41, 5.74) is 0.937. The molecule has 2 aromatic rings. The summed E-state index contributed by atoms with van der Waals surface area (Å²) in [7, 11) is 0. The zero-order valence-corrected chi connectivity index (χ0v) is 13.7. The van der Waals surface area contributed by atoms with Crippen molar-refractivity contribution in [2.75, 3.05) is 13.1 Å². The average molecular weight is 330 g/mol. The number of urea groups is 1. The van der Waals surface area contributed by atoms with Crippen molar-refractivity contribution in [1.29, 1.82) is 0 Å². The minimum absolute atomic E-state index is 0.140. The number of aliphatic hydroxyl groups excluding tert-OH is 1. The van der Waals surface area contributed by atoms with Crippen LogP contribution in [-0.2, 0) is 6.54 Å². The van der Waals surface area contributed by atoms with Crippen LogP contribution in [0.1, 0.15) is 36.2 Å². The van der Waals surface area contributed by atoms with E-state index in [0.717, 1.165) is 18.4 Å². The number of amides is 2. The van der Waals surface area contributed by atoms with E-state index in [9.17, 15) is 9.90 Å². The normalized spacial score (nSPS) is 16.8. The number of piperidine rings is 1. The number of nitrogens with zero attached hydrogens (tertiary/aromatic N) is 3. The van der Waals surface area contributed by atoms with Crippen molar-refractivity contribution < 1.29 is 14.4 Å². The van der Waals surface area contributed by atoms with Crippen LogP contribution in [0.2, 0.25) is 0 Å². The second kappa shape index (κ2) is 7.44. The first-order valence-corrected chi connectivity index (χ1v) is 8.18. The largest absolute Gasteiger partial charge is 0.388 e. The van der Waals surface area contributed by atoms with Crippen molar-refractivity contribution in [3.8, 4) is 0 Å². The molecule has 1 unspecified atom stereocenters. The van der Waals surface area contributed by atoms with Gasteiger partial charge < -0.3 is 19.8 Å². The summed E-state index contributed by atoms with van der Waals surface area (Å²) >= 11 is 0. The Morgan fingerprint density at radius 2 is 2.08 bits per heavy atom. The molecule has 128 valence electrons. The van der Waals surface area contributed by atoms with E-state index in [2.05, 4.69) is 15.5 Å². The van der Waals surface area contributed by atoms with E-state index in [0.29, 0.717) is 24.8 Å². The van der Waals surface area contributed by atoms with Crippen molar-refractivity contribution in [2.24, 2.45) is 5.92 Å². The van der Waals surface area contributed by atoms with E-state index in [4.69, 9.17) is 4.52 Å². The van der Waals surface area contributed by atoms with Gasteiger partial charge in [-0.3, -0.25) is 0 Å². The lowest BCUT2D eigenvalue weighted by atomic mass is 9.87. The average Bonchev–Trinajstić information content (AvgIpc) is 3.05. The number of nitrogens with one attached hydrogen (secondary N) is 1. The van der Waals surface area contributed by atoms with Gasteiger partial charge in [-0.25, -0.2) is 4.79 Å². The van der Waals surface area contributed by atoms with Gasteiger partial charge in [0.05, 0.1) is 12.6 Å². The van der Waals surface area contributed by atoms with E-state index >= 15 is 0 Å². The first-order valence-electron chi connectivity index (χ1n) is 8.18. The fourth-order valence-corrected chi connectivity index (χ4v) is 3.02. The number of likely N-dealkylation sites (tertiary alicyclic amines) is 1. The Morgan fingerprint density at radius 1 is 1.38 bits per heavy atom. The lowest BCUT2D eigenvalue weighted by Crippen LogP contribution is -2.45. The molecule has 2 heterocycles. The molecule has 0 bridgehead atoms. The van der Waals surface area contributed by atoms with Gasteiger partial charge in [0.25, 0.3) is 0 Å². The SMILES string of the molecule is Cc1noc(CNC(=O)N2CCC(C(O)c3ccccc3)CC2)n1. The molecule has 7 heteroatoms. The Bertz CT molecular complexity index is 665. The molecule has 2 N–H and O–H groups in total. The summed E-state index contributed by atoms with van der Waals surface area (Å²) < 4.78 is 4.97. The van der Waals surface area contributed by atoms with E-state index < -0.39 is 6.10 Å². The zero-order chi connectivity index (χ0) is 16.9. The summed E-state index contributed by atoms with van der Waals surface area (Å²) in [6, 6.07) is 9.54. The topological polar surface area (TPSA) is 91.5 Å². The summed E-state index contributed by atoms with van der Waals surface area (Å²) in [5.74, 6) is 1.13. The molecule has 2 amide bonds. The number of hydrogen-bond acceptors (Lipinski definition) is 5. The molecule has 1 atom stereocenters. The molecular formula is C17H22N4O3. The van der Waals surface area contributed by atoms with Gasteiger partial charge in [-0.1, -0.05) is 35.5 Å². The number of aromatic nitrogens is 2. The molecule has 7 nitrogen and oxygen atoms in total. The Hall–Kier alpha value is -2.41. The van der Waals surface area contributed by atoms with Gasteiger partial charge in [0.2, 0.25) is 5.89 Å². The fraction of sp³-hybridized carbons (Fsp3) is 0.471. The number of benzene rings is 1. The fourth-order valence-electron chi connectivity index (χ4n) is 3.02. The Morgan fingerprint density at radius 3 is 2.71 bits per heavy atom. The predicted octanol–water partition coefficient (Wildman–Crippen LogP) is 2.03. The maximum atomic E-state index is 12.2. The van der Waals surface area contributed by atoms with Gasteiger partial charge in [-0.05, 0) is 31.2 Å². The van der Waals surface area contributed by atoms with Crippen molar-refractivity contribution in [3.63, 3.8) is 0 Å². The Kier molecular flexibility index (Phi) is 5.10. The monoisotopic (exact) mass is 330 g/mol. The third-order valence-corrected chi connectivity index (χ3v) is 4.37. The summed E-state index contributed by atoms with van der Waals surface area (Å²) in [6.07, 6.45) is 1.09. The highest BCUT2D eigenvalue weighted by atomic mass is 16.5. The molecular weight excluding hydrogens is 308 g/mol. The maximum absolute atomic E-state index is 12.2. The van der Waals surface area contributed by atoms with Crippen LogP contribution in [0.5, 0.6) is 0 Å². The van der Waals surface area contributed by atoms with Gasteiger partial charge in [0, 0.05) is 13.1 Å². The summed E-state index contributed by atoms with van der Waals surface area (Å²) in [4.78, 5) is 18.0. The van der Waals surface area contributed by atoms with Crippen LogP contribution in [0.3, 0.4) is 0 Å². The molecule has 1 aliphatic rings. The van der Waals surface area contributed by atoms with Gasteiger partial charge in [0.15, 0.2) is 5.82 Å².